The molecule has 2 N–H and O–H groups in total. The number of aryl methyl sites for hydroxylation is 1. The SMILES string of the molecule is CNC(=O)[C@@]12CCOC[C@@H]1CN(C(=O)NCc1cc(C)no1)C2. The third-order valence-electron chi connectivity index (χ3n) is 4.76. The van der Waals surface area contributed by atoms with Crippen molar-refractivity contribution in [1.29, 1.82) is 0 Å². The third-order valence-corrected chi connectivity index (χ3v) is 4.76. The van der Waals surface area contributed by atoms with Crippen LogP contribution >= 0.6 is 0 Å². The number of fused-ring (bicyclic) bond motifs is 1. The Morgan fingerprint density at radius 2 is 2.35 bits per heavy atom. The molecule has 2 aliphatic rings. The van der Waals surface area contributed by atoms with E-state index in [2.05, 4.69) is 15.8 Å². The van der Waals surface area contributed by atoms with Gasteiger partial charge in [0.2, 0.25) is 5.91 Å². The van der Waals surface area contributed by atoms with Crippen molar-refractivity contribution in [3.63, 3.8) is 0 Å². The minimum absolute atomic E-state index is 0.00745. The van der Waals surface area contributed by atoms with Gasteiger partial charge in [-0.05, 0) is 13.3 Å². The number of amides is 3. The lowest BCUT2D eigenvalue weighted by Gasteiger charge is -2.36. The molecular weight excluding hydrogens is 300 g/mol. The number of rotatable bonds is 3. The highest BCUT2D eigenvalue weighted by atomic mass is 16.5. The summed E-state index contributed by atoms with van der Waals surface area (Å²) in [7, 11) is 1.64. The zero-order chi connectivity index (χ0) is 16.4. The zero-order valence-corrected chi connectivity index (χ0v) is 13.4. The van der Waals surface area contributed by atoms with Crippen LogP contribution in [0.15, 0.2) is 10.6 Å². The molecule has 0 radical (unpaired) electrons. The van der Waals surface area contributed by atoms with Crippen molar-refractivity contribution in [2.75, 3.05) is 33.4 Å². The molecular formula is C15H22N4O4. The van der Waals surface area contributed by atoms with E-state index in [1.165, 1.54) is 0 Å². The molecule has 3 heterocycles. The van der Waals surface area contributed by atoms with Gasteiger partial charge in [-0.2, -0.15) is 0 Å². The molecule has 3 amide bonds. The third kappa shape index (κ3) is 2.90. The van der Waals surface area contributed by atoms with E-state index in [4.69, 9.17) is 9.26 Å². The number of nitrogens with zero attached hydrogens (tertiary/aromatic N) is 2. The van der Waals surface area contributed by atoms with Crippen LogP contribution in [-0.2, 0) is 16.1 Å². The summed E-state index contributed by atoms with van der Waals surface area (Å²) < 4.78 is 10.6. The summed E-state index contributed by atoms with van der Waals surface area (Å²) in [6.07, 6.45) is 0.641. The predicted molar refractivity (Wildman–Crippen MR) is 80.5 cm³/mol. The second-order valence-electron chi connectivity index (χ2n) is 6.23. The highest BCUT2D eigenvalue weighted by molar-refractivity contribution is 5.85. The minimum Gasteiger partial charge on any atom is -0.381 e. The molecule has 0 unspecified atom stereocenters. The van der Waals surface area contributed by atoms with E-state index in [0.717, 1.165) is 5.69 Å². The van der Waals surface area contributed by atoms with Gasteiger partial charge in [-0.15, -0.1) is 0 Å². The maximum Gasteiger partial charge on any atom is 0.317 e. The van der Waals surface area contributed by atoms with E-state index in [9.17, 15) is 9.59 Å². The van der Waals surface area contributed by atoms with Gasteiger partial charge in [-0.3, -0.25) is 4.79 Å². The molecule has 0 aromatic carbocycles. The van der Waals surface area contributed by atoms with E-state index in [1.807, 2.05) is 6.92 Å². The van der Waals surface area contributed by atoms with Crippen molar-refractivity contribution in [2.45, 2.75) is 19.9 Å². The first-order chi connectivity index (χ1) is 11.0. The average Bonchev–Trinajstić information content (AvgIpc) is 3.15. The van der Waals surface area contributed by atoms with Crippen LogP contribution in [0.2, 0.25) is 0 Å². The lowest BCUT2D eigenvalue weighted by molar-refractivity contribution is -0.138. The van der Waals surface area contributed by atoms with E-state index < -0.39 is 5.41 Å². The summed E-state index contributed by atoms with van der Waals surface area (Å²) in [5, 5.41) is 9.35. The molecule has 8 nitrogen and oxygen atoms in total. The summed E-state index contributed by atoms with van der Waals surface area (Å²) in [6.45, 7) is 4.11. The Morgan fingerprint density at radius 1 is 1.52 bits per heavy atom. The normalized spacial score (nSPS) is 26.7. The molecule has 2 aliphatic heterocycles. The van der Waals surface area contributed by atoms with Crippen LogP contribution in [-0.4, -0.2) is 55.3 Å². The van der Waals surface area contributed by atoms with Crippen molar-refractivity contribution in [1.82, 2.24) is 20.7 Å². The van der Waals surface area contributed by atoms with Crippen LogP contribution in [0, 0.1) is 18.3 Å². The molecule has 23 heavy (non-hydrogen) atoms. The number of carbonyl (C=O) groups is 2. The highest BCUT2D eigenvalue weighted by Gasteiger charge is 2.54. The highest BCUT2D eigenvalue weighted by Crippen LogP contribution is 2.42. The Balaban J connectivity index is 1.64. The van der Waals surface area contributed by atoms with Crippen LogP contribution in [0.4, 0.5) is 4.79 Å². The number of nitrogens with one attached hydrogen (secondary N) is 2. The van der Waals surface area contributed by atoms with Crippen LogP contribution in [0.5, 0.6) is 0 Å². The molecule has 1 aromatic heterocycles. The van der Waals surface area contributed by atoms with E-state index in [1.54, 1.807) is 18.0 Å². The number of hydrogen-bond acceptors (Lipinski definition) is 5. The molecule has 2 saturated heterocycles. The van der Waals surface area contributed by atoms with Gasteiger partial charge >= 0.3 is 6.03 Å². The Labute approximate surface area is 134 Å². The summed E-state index contributed by atoms with van der Waals surface area (Å²) in [4.78, 5) is 26.5. The first kappa shape index (κ1) is 15.8. The predicted octanol–water partition coefficient (Wildman–Crippen LogP) is 0.277. The Hall–Kier alpha value is -2.09. The maximum atomic E-state index is 12.4. The first-order valence-electron chi connectivity index (χ1n) is 7.80. The van der Waals surface area contributed by atoms with Gasteiger partial charge in [0.15, 0.2) is 5.76 Å². The summed E-state index contributed by atoms with van der Waals surface area (Å²) in [5.41, 5.74) is 0.241. The molecule has 2 fully saturated rings. The van der Waals surface area contributed by atoms with Gasteiger partial charge in [0.25, 0.3) is 0 Å². The van der Waals surface area contributed by atoms with Crippen molar-refractivity contribution in [2.24, 2.45) is 11.3 Å². The van der Waals surface area contributed by atoms with Crippen LogP contribution in [0.1, 0.15) is 17.9 Å². The number of likely N-dealkylation sites (tertiary alicyclic amines) is 1. The molecule has 8 heteroatoms. The molecule has 0 aliphatic carbocycles. The molecule has 2 atom stereocenters. The zero-order valence-electron chi connectivity index (χ0n) is 13.4. The van der Waals surface area contributed by atoms with Crippen molar-refractivity contribution in [3.8, 4) is 0 Å². The van der Waals surface area contributed by atoms with Crippen molar-refractivity contribution in [3.05, 3.63) is 17.5 Å². The van der Waals surface area contributed by atoms with Gasteiger partial charge in [0, 0.05) is 38.7 Å². The standard InChI is InChI=1S/C15H22N4O4/c1-10-5-12(23-18-10)6-17-14(21)19-7-11-8-22-4-3-15(11,9-19)13(20)16-2/h5,11H,3-4,6-9H2,1-2H3,(H,16,20)(H,17,21)/t11-,15+/m0/s1. The summed E-state index contributed by atoms with van der Waals surface area (Å²) in [5.74, 6) is 0.637. The van der Waals surface area contributed by atoms with Gasteiger partial charge in [-0.1, -0.05) is 5.16 Å². The van der Waals surface area contributed by atoms with Gasteiger partial charge in [-0.25, -0.2) is 4.79 Å². The molecule has 0 saturated carbocycles. The average molecular weight is 322 g/mol. The molecule has 0 spiro atoms. The van der Waals surface area contributed by atoms with Crippen LogP contribution in [0.3, 0.4) is 0 Å². The Morgan fingerprint density at radius 3 is 3.04 bits per heavy atom. The topological polar surface area (TPSA) is 96.7 Å². The first-order valence-corrected chi connectivity index (χ1v) is 7.80. The number of ether oxygens (including phenoxy) is 1. The van der Waals surface area contributed by atoms with E-state index in [0.29, 0.717) is 38.5 Å². The lowest BCUT2D eigenvalue weighted by atomic mass is 9.73. The fraction of sp³-hybridized carbons (Fsp3) is 0.667. The summed E-state index contributed by atoms with van der Waals surface area (Å²) >= 11 is 0. The quantitative estimate of drug-likeness (QED) is 0.833. The minimum atomic E-state index is -0.535. The number of hydrogen-bond donors (Lipinski definition) is 2. The Kier molecular flexibility index (Phi) is 4.25. The van der Waals surface area contributed by atoms with Crippen molar-refractivity contribution < 1.29 is 18.8 Å². The second kappa shape index (κ2) is 6.19. The molecule has 1 aromatic rings. The number of carbonyl (C=O) groups excluding carboxylic acids is 2. The molecule has 0 bridgehead atoms. The fourth-order valence-corrected chi connectivity index (χ4v) is 3.50. The monoisotopic (exact) mass is 322 g/mol. The smallest absolute Gasteiger partial charge is 0.317 e. The summed E-state index contributed by atoms with van der Waals surface area (Å²) in [6, 6.07) is 1.58. The van der Waals surface area contributed by atoms with Gasteiger partial charge in [0.05, 0.1) is 24.3 Å². The molecule has 3 rings (SSSR count). The second-order valence-corrected chi connectivity index (χ2v) is 6.23. The fourth-order valence-electron chi connectivity index (χ4n) is 3.50. The van der Waals surface area contributed by atoms with Crippen molar-refractivity contribution >= 4 is 11.9 Å². The van der Waals surface area contributed by atoms with E-state index >= 15 is 0 Å². The lowest BCUT2D eigenvalue weighted by Crippen LogP contribution is -2.50. The van der Waals surface area contributed by atoms with Crippen LogP contribution in [0.25, 0.3) is 0 Å². The van der Waals surface area contributed by atoms with Gasteiger partial charge in [0.1, 0.15) is 0 Å². The largest absolute Gasteiger partial charge is 0.381 e. The Bertz CT molecular complexity index is 602. The number of urea groups is 1. The van der Waals surface area contributed by atoms with E-state index in [-0.39, 0.29) is 24.4 Å². The maximum absolute atomic E-state index is 12.4. The van der Waals surface area contributed by atoms with Crippen LogP contribution < -0.4 is 10.6 Å². The molecule has 126 valence electrons. The van der Waals surface area contributed by atoms with Gasteiger partial charge < -0.3 is 24.8 Å². The number of aromatic nitrogens is 1.